The molecule has 0 fully saturated rings. The van der Waals surface area contributed by atoms with Gasteiger partial charge in [0, 0.05) is 5.56 Å². The number of benzene rings is 1. The van der Waals surface area contributed by atoms with E-state index in [0.717, 1.165) is 23.4 Å². The third-order valence-electron chi connectivity index (χ3n) is 3.09. The van der Waals surface area contributed by atoms with Gasteiger partial charge in [-0.1, -0.05) is 13.0 Å². The Kier molecular flexibility index (Phi) is 3.51. The van der Waals surface area contributed by atoms with Crippen LogP contribution < -0.4 is 10.5 Å². The fraction of sp³-hybridized carbons (Fsp3) is 0.267. The molecule has 0 aliphatic rings. The zero-order chi connectivity index (χ0) is 13.1. The Balaban J connectivity index is 2.61. The molecule has 0 spiro atoms. The average molecular weight is 242 g/mol. The summed E-state index contributed by atoms with van der Waals surface area (Å²) in [5.41, 5.74) is 10.1. The second-order valence-electron chi connectivity index (χ2n) is 4.28. The van der Waals surface area contributed by atoms with Gasteiger partial charge in [0.05, 0.1) is 12.8 Å². The van der Waals surface area contributed by atoms with Crippen LogP contribution in [0.25, 0.3) is 11.3 Å². The third kappa shape index (κ3) is 2.30. The molecule has 0 saturated carbocycles. The highest BCUT2D eigenvalue weighted by Crippen LogP contribution is 2.32. The molecule has 0 atom stereocenters. The predicted molar refractivity (Wildman–Crippen MR) is 74.8 cm³/mol. The van der Waals surface area contributed by atoms with E-state index in [-0.39, 0.29) is 0 Å². The quantitative estimate of drug-likeness (QED) is 0.899. The molecule has 0 aliphatic carbocycles. The normalized spacial score (nSPS) is 10.4. The standard InChI is InChI=1S/C15H18N2O/c1-4-11-9-12(14(18-3)8-10(11)2)13-6-5-7-15(16)17-13/h5-9H,4H2,1-3H3,(H2,16,17). The number of nitrogens with two attached hydrogens (primary N) is 1. The molecule has 2 N–H and O–H groups in total. The minimum Gasteiger partial charge on any atom is -0.496 e. The molecule has 94 valence electrons. The van der Waals surface area contributed by atoms with Gasteiger partial charge in [-0.05, 0) is 48.7 Å². The Morgan fingerprint density at radius 3 is 2.67 bits per heavy atom. The predicted octanol–water partition coefficient (Wildman–Crippen LogP) is 3.21. The summed E-state index contributed by atoms with van der Waals surface area (Å²) in [6, 6.07) is 9.82. The maximum absolute atomic E-state index is 5.74. The lowest BCUT2D eigenvalue weighted by Gasteiger charge is -2.12. The number of rotatable bonds is 3. The Labute approximate surface area is 108 Å². The highest BCUT2D eigenvalue weighted by Gasteiger charge is 2.10. The zero-order valence-electron chi connectivity index (χ0n) is 11.0. The maximum Gasteiger partial charge on any atom is 0.128 e. The van der Waals surface area contributed by atoms with Crippen molar-refractivity contribution in [2.45, 2.75) is 20.3 Å². The van der Waals surface area contributed by atoms with Crippen molar-refractivity contribution < 1.29 is 4.74 Å². The molecule has 1 aromatic heterocycles. The highest BCUT2D eigenvalue weighted by atomic mass is 16.5. The van der Waals surface area contributed by atoms with E-state index >= 15 is 0 Å². The Bertz CT molecular complexity index is 564. The molecular weight excluding hydrogens is 224 g/mol. The fourth-order valence-corrected chi connectivity index (χ4v) is 2.08. The van der Waals surface area contributed by atoms with E-state index in [0.29, 0.717) is 5.82 Å². The number of aryl methyl sites for hydroxylation is 2. The molecule has 0 saturated heterocycles. The van der Waals surface area contributed by atoms with Crippen LogP contribution in [-0.4, -0.2) is 12.1 Å². The van der Waals surface area contributed by atoms with Gasteiger partial charge in [0.1, 0.15) is 11.6 Å². The summed E-state index contributed by atoms with van der Waals surface area (Å²) in [7, 11) is 1.68. The summed E-state index contributed by atoms with van der Waals surface area (Å²) < 4.78 is 5.44. The van der Waals surface area contributed by atoms with Crippen molar-refractivity contribution in [3.8, 4) is 17.0 Å². The molecule has 2 rings (SSSR count). The molecule has 0 bridgehead atoms. The summed E-state index contributed by atoms with van der Waals surface area (Å²) in [6.07, 6.45) is 0.991. The van der Waals surface area contributed by atoms with E-state index in [9.17, 15) is 0 Å². The Hall–Kier alpha value is -2.03. The average Bonchev–Trinajstić information content (AvgIpc) is 2.38. The first kappa shape index (κ1) is 12.4. The highest BCUT2D eigenvalue weighted by molar-refractivity contribution is 5.70. The van der Waals surface area contributed by atoms with Crippen LogP contribution in [0.5, 0.6) is 5.75 Å². The summed E-state index contributed by atoms with van der Waals surface area (Å²) in [5.74, 6) is 1.36. The topological polar surface area (TPSA) is 48.1 Å². The van der Waals surface area contributed by atoms with Crippen molar-refractivity contribution in [2.75, 3.05) is 12.8 Å². The minimum absolute atomic E-state index is 0.521. The molecule has 2 aromatic rings. The maximum atomic E-state index is 5.74. The summed E-state index contributed by atoms with van der Waals surface area (Å²) >= 11 is 0. The number of anilines is 1. The van der Waals surface area contributed by atoms with Crippen molar-refractivity contribution in [2.24, 2.45) is 0 Å². The number of nitrogens with zero attached hydrogens (tertiary/aromatic N) is 1. The number of ether oxygens (including phenoxy) is 1. The SMILES string of the molecule is CCc1cc(-c2cccc(N)n2)c(OC)cc1C. The Morgan fingerprint density at radius 2 is 2.06 bits per heavy atom. The van der Waals surface area contributed by atoms with E-state index in [1.165, 1.54) is 11.1 Å². The van der Waals surface area contributed by atoms with Crippen LogP contribution in [0.3, 0.4) is 0 Å². The van der Waals surface area contributed by atoms with E-state index in [1.807, 2.05) is 12.1 Å². The van der Waals surface area contributed by atoms with Gasteiger partial charge in [-0.15, -0.1) is 0 Å². The fourth-order valence-electron chi connectivity index (χ4n) is 2.08. The molecule has 0 unspecified atom stereocenters. The van der Waals surface area contributed by atoms with Crippen LogP contribution in [0.15, 0.2) is 30.3 Å². The summed E-state index contributed by atoms with van der Waals surface area (Å²) in [4.78, 5) is 4.35. The number of hydrogen-bond donors (Lipinski definition) is 1. The first-order chi connectivity index (χ1) is 8.65. The molecule has 1 aromatic carbocycles. The minimum atomic E-state index is 0.521. The lowest BCUT2D eigenvalue weighted by molar-refractivity contribution is 0.416. The summed E-state index contributed by atoms with van der Waals surface area (Å²) in [6.45, 7) is 4.24. The van der Waals surface area contributed by atoms with Gasteiger partial charge in [-0.25, -0.2) is 4.98 Å². The molecule has 18 heavy (non-hydrogen) atoms. The van der Waals surface area contributed by atoms with Gasteiger partial charge in [-0.3, -0.25) is 0 Å². The molecule has 0 amide bonds. The van der Waals surface area contributed by atoms with Crippen molar-refractivity contribution in [3.63, 3.8) is 0 Å². The number of pyridine rings is 1. The van der Waals surface area contributed by atoms with Gasteiger partial charge < -0.3 is 10.5 Å². The second kappa shape index (κ2) is 5.08. The van der Waals surface area contributed by atoms with Crippen molar-refractivity contribution in [1.29, 1.82) is 0 Å². The number of hydrogen-bond acceptors (Lipinski definition) is 3. The smallest absolute Gasteiger partial charge is 0.128 e. The monoisotopic (exact) mass is 242 g/mol. The van der Waals surface area contributed by atoms with E-state index in [2.05, 4.69) is 31.0 Å². The van der Waals surface area contributed by atoms with Crippen molar-refractivity contribution in [3.05, 3.63) is 41.5 Å². The third-order valence-corrected chi connectivity index (χ3v) is 3.09. The van der Waals surface area contributed by atoms with Crippen LogP contribution in [0, 0.1) is 6.92 Å². The lowest BCUT2D eigenvalue weighted by Crippen LogP contribution is -1.97. The number of methoxy groups -OCH3 is 1. The zero-order valence-corrected chi connectivity index (χ0v) is 11.0. The van der Waals surface area contributed by atoms with Crippen LogP contribution in [-0.2, 0) is 6.42 Å². The first-order valence-corrected chi connectivity index (χ1v) is 6.06. The molecule has 0 aliphatic heterocycles. The van der Waals surface area contributed by atoms with E-state index in [4.69, 9.17) is 10.5 Å². The second-order valence-corrected chi connectivity index (χ2v) is 4.28. The Morgan fingerprint density at radius 1 is 1.28 bits per heavy atom. The van der Waals surface area contributed by atoms with Crippen molar-refractivity contribution in [1.82, 2.24) is 4.98 Å². The van der Waals surface area contributed by atoms with E-state index < -0.39 is 0 Å². The molecule has 0 radical (unpaired) electrons. The van der Waals surface area contributed by atoms with Gasteiger partial charge in [0.25, 0.3) is 0 Å². The van der Waals surface area contributed by atoms with Crippen molar-refractivity contribution >= 4 is 5.82 Å². The molecular formula is C15H18N2O. The van der Waals surface area contributed by atoms with Gasteiger partial charge in [0.15, 0.2) is 0 Å². The molecule has 1 heterocycles. The van der Waals surface area contributed by atoms with Gasteiger partial charge in [0.2, 0.25) is 0 Å². The van der Waals surface area contributed by atoms with Crippen LogP contribution in [0.1, 0.15) is 18.1 Å². The largest absolute Gasteiger partial charge is 0.496 e. The van der Waals surface area contributed by atoms with Crippen LogP contribution >= 0.6 is 0 Å². The molecule has 3 nitrogen and oxygen atoms in total. The van der Waals surface area contributed by atoms with E-state index in [1.54, 1.807) is 13.2 Å². The molecule has 3 heteroatoms. The number of aromatic nitrogens is 1. The lowest BCUT2D eigenvalue weighted by atomic mass is 10.00. The first-order valence-electron chi connectivity index (χ1n) is 6.06. The summed E-state index contributed by atoms with van der Waals surface area (Å²) in [5, 5.41) is 0. The van der Waals surface area contributed by atoms with Gasteiger partial charge >= 0.3 is 0 Å². The van der Waals surface area contributed by atoms with Gasteiger partial charge in [-0.2, -0.15) is 0 Å². The van der Waals surface area contributed by atoms with Crippen LogP contribution in [0.4, 0.5) is 5.82 Å². The number of nitrogen functional groups attached to an aromatic ring is 1. The van der Waals surface area contributed by atoms with Crippen LogP contribution in [0.2, 0.25) is 0 Å².